The molecule has 2 rings (SSSR count). The van der Waals surface area contributed by atoms with Gasteiger partial charge < -0.3 is 5.32 Å². The summed E-state index contributed by atoms with van der Waals surface area (Å²) in [6.45, 7) is 6.64. The summed E-state index contributed by atoms with van der Waals surface area (Å²) in [4.78, 5) is 2.28. The van der Waals surface area contributed by atoms with Gasteiger partial charge in [-0.15, -0.1) is 0 Å². The molecule has 1 aromatic carbocycles. The minimum atomic E-state index is -0.115. The molecule has 0 atom stereocenters. The van der Waals surface area contributed by atoms with Gasteiger partial charge in [0, 0.05) is 42.8 Å². The molecule has 88 valence electrons. The first kappa shape index (κ1) is 12.0. The van der Waals surface area contributed by atoms with Gasteiger partial charge in [0.05, 0.1) is 0 Å². The van der Waals surface area contributed by atoms with Crippen LogP contribution >= 0.6 is 15.9 Å². The van der Waals surface area contributed by atoms with Crippen molar-refractivity contribution in [2.24, 2.45) is 0 Å². The van der Waals surface area contributed by atoms with Gasteiger partial charge >= 0.3 is 0 Å². The molecule has 0 aliphatic carbocycles. The van der Waals surface area contributed by atoms with Gasteiger partial charge in [-0.3, -0.25) is 4.90 Å². The highest BCUT2D eigenvalue weighted by atomic mass is 79.9. The first-order valence-corrected chi connectivity index (χ1v) is 6.34. The molecule has 1 aliphatic heterocycles. The van der Waals surface area contributed by atoms with Crippen LogP contribution in [0.5, 0.6) is 0 Å². The van der Waals surface area contributed by atoms with Crippen molar-refractivity contribution in [3.63, 3.8) is 0 Å². The number of nitrogens with one attached hydrogen (secondary N) is 1. The molecule has 0 unspecified atom stereocenters. The van der Waals surface area contributed by atoms with Gasteiger partial charge in [-0.25, -0.2) is 4.39 Å². The van der Waals surface area contributed by atoms with Gasteiger partial charge in [-0.05, 0) is 18.6 Å². The Kier molecular flexibility index (Phi) is 3.95. The van der Waals surface area contributed by atoms with Gasteiger partial charge in [0.1, 0.15) is 5.82 Å². The predicted molar refractivity (Wildman–Crippen MR) is 67.0 cm³/mol. The fourth-order valence-corrected chi connectivity index (χ4v) is 2.40. The van der Waals surface area contributed by atoms with Crippen LogP contribution in [-0.2, 0) is 6.54 Å². The van der Waals surface area contributed by atoms with E-state index >= 15 is 0 Å². The molecule has 0 bridgehead atoms. The molecule has 1 saturated heterocycles. The molecule has 1 aromatic rings. The van der Waals surface area contributed by atoms with Crippen molar-refractivity contribution in [1.82, 2.24) is 10.2 Å². The quantitative estimate of drug-likeness (QED) is 0.898. The Hall–Kier alpha value is -0.450. The molecule has 1 N–H and O–H groups in total. The zero-order valence-corrected chi connectivity index (χ0v) is 11.0. The summed E-state index contributed by atoms with van der Waals surface area (Å²) in [5.74, 6) is -0.115. The van der Waals surface area contributed by atoms with Crippen LogP contribution in [0.3, 0.4) is 0 Å². The van der Waals surface area contributed by atoms with Crippen LogP contribution in [0, 0.1) is 12.7 Å². The number of piperazine rings is 1. The zero-order chi connectivity index (χ0) is 11.5. The highest BCUT2D eigenvalue weighted by Gasteiger charge is 2.15. The molecule has 0 amide bonds. The molecule has 0 aromatic heterocycles. The van der Waals surface area contributed by atoms with E-state index in [2.05, 4.69) is 26.1 Å². The summed E-state index contributed by atoms with van der Waals surface area (Å²) in [5.41, 5.74) is 1.87. The Morgan fingerprint density at radius 3 is 2.75 bits per heavy atom. The summed E-state index contributed by atoms with van der Waals surface area (Å²) in [6, 6.07) is 3.36. The minimum Gasteiger partial charge on any atom is -0.314 e. The lowest BCUT2D eigenvalue weighted by Gasteiger charge is -2.27. The highest BCUT2D eigenvalue weighted by Crippen LogP contribution is 2.25. The lowest BCUT2D eigenvalue weighted by molar-refractivity contribution is 0.230. The number of nitrogens with zero attached hydrogens (tertiary/aromatic N) is 1. The Bertz CT molecular complexity index is 376. The van der Waals surface area contributed by atoms with Crippen molar-refractivity contribution in [3.05, 3.63) is 33.5 Å². The summed E-state index contributed by atoms with van der Waals surface area (Å²) in [6.07, 6.45) is 0. The molecule has 0 saturated carbocycles. The second-order valence-corrected chi connectivity index (χ2v) is 4.98. The molecule has 1 aliphatic rings. The summed E-state index contributed by atoms with van der Waals surface area (Å²) < 4.78 is 14.6. The van der Waals surface area contributed by atoms with E-state index in [4.69, 9.17) is 0 Å². The van der Waals surface area contributed by atoms with E-state index in [9.17, 15) is 4.39 Å². The molecule has 0 radical (unpaired) electrons. The van der Waals surface area contributed by atoms with Crippen LogP contribution in [0.25, 0.3) is 0 Å². The van der Waals surface area contributed by atoms with E-state index in [1.54, 1.807) is 12.1 Å². The largest absolute Gasteiger partial charge is 0.314 e. The van der Waals surface area contributed by atoms with Crippen molar-refractivity contribution in [2.45, 2.75) is 13.5 Å². The second-order valence-electron chi connectivity index (χ2n) is 4.18. The van der Waals surface area contributed by atoms with Crippen LogP contribution in [-0.4, -0.2) is 31.1 Å². The van der Waals surface area contributed by atoms with E-state index in [1.807, 2.05) is 6.92 Å². The van der Waals surface area contributed by atoms with Crippen LogP contribution < -0.4 is 5.32 Å². The maximum Gasteiger partial charge on any atom is 0.128 e. The number of hydrogen-bond acceptors (Lipinski definition) is 2. The Labute approximate surface area is 104 Å². The maximum absolute atomic E-state index is 13.7. The lowest BCUT2D eigenvalue weighted by atomic mass is 10.1. The van der Waals surface area contributed by atoms with E-state index < -0.39 is 0 Å². The zero-order valence-electron chi connectivity index (χ0n) is 9.39. The topological polar surface area (TPSA) is 15.3 Å². The van der Waals surface area contributed by atoms with Gasteiger partial charge in [0.25, 0.3) is 0 Å². The van der Waals surface area contributed by atoms with Crippen molar-refractivity contribution >= 4 is 15.9 Å². The van der Waals surface area contributed by atoms with Crippen molar-refractivity contribution in [3.8, 4) is 0 Å². The van der Waals surface area contributed by atoms with E-state index in [0.29, 0.717) is 6.54 Å². The molecule has 16 heavy (non-hydrogen) atoms. The summed E-state index contributed by atoms with van der Waals surface area (Å²) in [5, 5.41) is 3.29. The molecule has 1 heterocycles. The average molecular weight is 287 g/mol. The third-order valence-corrected chi connectivity index (χ3v) is 4.07. The van der Waals surface area contributed by atoms with E-state index in [-0.39, 0.29) is 5.82 Å². The Morgan fingerprint density at radius 2 is 2.06 bits per heavy atom. The third-order valence-electron chi connectivity index (χ3n) is 2.97. The molecule has 1 fully saturated rings. The first-order chi connectivity index (χ1) is 7.68. The summed E-state index contributed by atoms with van der Waals surface area (Å²) in [7, 11) is 0. The number of hydrogen-bond donors (Lipinski definition) is 1. The van der Waals surface area contributed by atoms with Gasteiger partial charge in [-0.2, -0.15) is 0 Å². The van der Waals surface area contributed by atoms with Crippen LogP contribution in [0.2, 0.25) is 0 Å². The van der Waals surface area contributed by atoms with Gasteiger partial charge in [0.2, 0.25) is 0 Å². The minimum absolute atomic E-state index is 0.115. The number of halogens is 2. The van der Waals surface area contributed by atoms with E-state index in [1.165, 1.54) is 0 Å². The van der Waals surface area contributed by atoms with Crippen molar-refractivity contribution in [1.29, 1.82) is 0 Å². The fraction of sp³-hybridized carbons (Fsp3) is 0.500. The molecule has 4 heteroatoms. The molecular weight excluding hydrogens is 271 g/mol. The fourth-order valence-electron chi connectivity index (χ4n) is 1.95. The van der Waals surface area contributed by atoms with Gasteiger partial charge in [-0.1, -0.05) is 22.0 Å². The average Bonchev–Trinajstić information content (AvgIpc) is 2.31. The number of benzene rings is 1. The summed E-state index contributed by atoms with van der Waals surface area (Å²) >= 11 is 3.48. The number of rotatable bonds is 2. The monoisotopic (exact) mass is 286 g/mol. The van der Waals surface area contributed by atoms with Crippen molar-refractivity contribution in [2.75, 3.05) is 26.2 Å². The van der Waals surface area contributed by atoms with Crippen LogP contribution in [0.4, 0.5) is 4.39 Å². The Morgan fingerprint density at radius 1 is 1.38 bits per heavy atom. The van der Waals surface area contributed by atoms with Crippen molar-refractivity contribution < 1.29 is 4.39 Å². The molecular formula is C12H16BrFN2. The SMILES string of the molecule is Cc1ccc(F)c(CN2CCNCC2)c1Br. The standard InChI is InChI=1S/C12H16BrFN2/c1-9-2-3-11(14)10(12(9)13)8-16-6-4-15-5-7-16/h2-3,15H,4-8H2,1H3. The van der Waals surface area contributed by atoms with E-state index in [0.717, 1.165) is 41.8 Å². The first-order valence-electron chi connectivity index (χ1n) is 5.55. The van der Waals surface area contributed by atoms with Crippen LogP contribution in [0.1, 0.15) is 11.1 Å². The van der Waals surface area contributed by atoms with Crippen LogP contribution in [0.15, 0.2) is 16.6 Å². The molecule has 2 nitrogen and oxygen atoms in total. The number of aryl methyl sites for hydroxylation is 1. The lowest BCUT2D eigenvalue weighted by Crippen LogP contribution is -2.43. The Balaban J connectivity index is 2.16. The normalized spacial score (nSPS) is 17.7. The smallest absolute Gasteiger partial charge is 0.128 e. The van der Waals surface area contributed by atoms with Gasteiger partial charge in [0.15, 0.2) is 0 Å². The highest BCUT2D eigenvalue weighted by molar-refractivity contribution is 9.10. The predicted octanol–water partition coefficient (Wildman–Crippen LogP) is 2.30. The molecule has 0 spiro atoms. The maximum atomic E-state index is 13.7. The second kappa shape index (κ2) is 5.25. The third kappa shape index (κ3) is 2.62.